The summed E-state index contributed by atoms with van der Waals surface area (Å²) in [5.41, 5.74) is 4.49. The fourth-order valence-corrected chi connectivity index (χ4v) is 3.19. The van der Waals surface area contributed by atoms with Gasteiger partial charge in [0.15, 0.2) is 5.15 Å². The molecule has 110 valence electrons. The average Bonchev–Trinajstić information content (AvgIpc) is 3.24. The Morgan fingerprint density at radius 2 is 1.81 bits per heavy atom. The van der Waals surface area contributed by atoms with E-state index >= 15 is 0 Å². The van der Waals surface area contributed by atoms with Crippen LogP contribution in [0.5, 0.6) is 0 Å². The molecule has 1 saturated carbocycles. The van der Waals surface area contributed by atoms with E-state index in [4.69, 9.17) is 23.2 Å². The Balaban J connectivity index is 1.91. The zero-order valence-corrected chi connectivity index (χ0v) is 13.7. The Morgan fingerprint density at radius 1 is 1.14 bits per heavy atom. The Bertz CT molecular complexity index is 625. The Kier molecular flexibility index (Phi) is 4.10. The molecule has 1 aromatic carbocycles. The lowest BCUT2D eigenvalue weighted by Crippen LogP contribution is -2.14. The van der Waals surface area contributed by atoms with Crippen LogP contribution in [0.4, 0.5) is 5.69 Å². The maximum Gasteiger partial charge on any atom is 0.154 e. The second-order valence-corrected chi connectivity index (χ2v) is 6.54. The van der Waals surface area contributed by atoms with Crippen LogP contribution >= 0.6 is 23.2 Å². The van der Waals surface area contributed by atoms with Crippen LogP contribution in [0.25, 0.3) is 0 Å². The fraction of sp³-hybridized carbons (Fsp3) is 0.353. The van der Waals surface area contributed by atoms with Crippen LogP contribution in [-0.4, -0.2) is 4.98 Å². The van der Waals surface area contributed by atoms with Gasteiger partial charge in [-0.1, -0.05) is 53.0 Å². The summed E-state index contributed by atoms with van der Waals surface area (Å²) in [6.07, 6.45) is 2.51. The van der Waals surface area contributed by atoms with Gasteiger partial charge < -0.3 is 5.32 Å². The van der Waals surface area contributed by atoms with Gasteiger partial charge in [-0.25, -0.2) is 4.98 Å². The molecule has 1 fully saturated rings. The van der Waals surface area contributed by atoms with Gasteiger partial charge in [0.2, 0.25) is 0 Å². The molecule has 0 amide bonds. The lowest BCUT2D eigenvalue weighted by molar-refractivity contribution is 0.677. The van der Waals surface area contributed by atoms with E-state index in [0.29, 0.717) is 16.2 Å². The number of halogens is 2. The fourth-order valence-electron chi connectivity index (χ4n) is 2.60. The van der Waals surface area contributed by atoms with Crippen molar-refractivity contribution in [1.29, 1.82) is 0 Å². The van der Waals surface area contributed by atoms with Gasteiger partial charge in [0.25, 0.3) is 0 Å². The minimum absolute atomic E-state index is 0.282. The van der Waals surface area contributed by atoms with Gasteiger partial charge in [-0.2, -0.15) is 0 Å². The molecule has 4 heteroatoms. The highest BCUT2D eigenvalue weighted by molar-refractivity contribution is 6.34. The van der Waals surface area contributed by atoms with Gasteiger partial charge in [-0.05, 0) is 49.8 Å². The molecule has 3 rings (SSSR count). The molecule has 1 aromatic heterocycles. The standard InChI is InChI=1S/C17H18Cl2N2/c1-10-3-5-12(6-4-10)16(13-7-8-13)21-15-11(2)9-14(18)20-17(15)19/h3-6,9,13,16,21H,7-8H2,1-2H3. The van der Waals surface area contributed by atoms with Gasteiger partial charge in [0.1, 0.15) is 5.15 Å². The number of aromatic nitrogens is 1. The van der Waals surface area contributed by atoms with Crippen molar-refractivity contribution in [2.75, 3.05) is 5.32 Å². The largest absolute Gasteiger partial charge is 0.375 e. The monoisotopic (exact) mass is 320 g/mol. The molecule has 1 atom stereocenters. The Morgan fingerprint density at radius 3 is 2.38 bits per heavy atom. The van der Waals surface area contributed by atoms with Crippen LogP contribution in [0.2, 0.25) is 10.3 Å². The lowest BCUT2D eigenvalue weighted by atomic mass is 10.0. The predicted molar refractivity (Wildman–Crippen MR) is 89.3 cm³/mol. The average molecular weight is 321 g/mol. The third-order valence-electron chi connectivity index (χ3n) is 3.97. The zero-order valence-electron chi connectivity index (χ0n) is 12.2. The van der Waals surface area contributed by atoms with E-state index in [-0.39, 0.29) is 6.04 Å². The number of rotatable bonds is 4. The number of hydrogen-bond acceptors (Lipinski definition) is 2. The maximum atomic E-state index is 6.26. The number of benzene rings is 1. The second kappa shape index (κ2) is 5.86. The maximum absolute atomic E-state index is 6.26. The quantitative estimate of drug-likeness (QED) is 0.745. The normalized spacial score (nSPS) is 15.8. The highest BCUT2D eigenvalue weighted by Gasteiger charge is 2.33. The van der Waals surface area contributed by atoms with E-state index in [2.05, 4.69) is 41.5 Å². The number of aryl methyl sites for hydroxylation is 2. The SMILES string of the molecule is Cc1ccc(C(Nc2c(C)cc(Cl)nc2Cl)C2CC2)cc1. The third kappa shape index (κ3) is 3.33. The van der Waals surface area contributed by atoms with Crippen molar-refractivity contribution in [2.24, 2.45) is 5.92 Å². The van der Waals surface area contributed by atoms with Gasteiger partial charge in [0, 0.05) is 0 Å². The molecule has 21 heavy (non-hydrogen) atoms. The summed E-state index contributed by atoms with van der Waals surface area (Å²) < 4.78 is 0. The van der Waals surface area contributed by atoms with E-state index in [1.807, 2.05) is 13.0 Å². The highest BCUT2D eigenvalue weighted by Crippen LogP contribution is 2.44. The topological polar surface area (TPSA) is 24.9 Å². The van der Waals surface area contributed by atoms with E-state index in [9.17, 15) is 0 Å². The molecule has 0 radical (unpaired) electrons. The minimum atomic E-state index is 0.282. The Labute approximate surface area is 135 Å². The summed E-state index contributed by atoms with van der Waals surface area (Å²) >= 11 is 12.2. The summed E-state index contributed by atoms with van der Waals surface area (Å²) in [4.78, 5) is 4.14. The first-order chi connectivity index (χ1) is 10.0. The molecule has 0 saturated heterocycles. The molecule has 1 aliphatic rings. The van der Waals surface area contributed by atoms with Crippen molar-refractivity contribution in [3.8, 4) is 0 Å². The first-order valence-electron chi connectivity index (χ1n) is 7.20. The molecular formula is C17H18Cl2N2. The van der Waals surface area contributed by atoms with Gasteiger partial charge in [-0.3, -0.25) is 0 Å². The van der Waals surface area contributed by atoms with Crippen molar-refractivity contribution < 1.29 is 0 Å². The van der Waals surface area contributed by atoms with Crippen LogP contribution in [-0.2, 0) is 0 Å². The molecule has 1 N–H and O–H groups in total. The van der Waals surface area contributed by atoms with Crippen molar-refractivity contribution >= 4 is 28.9 Å². The van der Waals surface area contributed by atoms with Gasteiger partial charge in [0.05, 0.1) is 11.7 Å². The summed E-state index contributed by atoms with van der Waals surface area (Å²) in [6, 6.07) is 10.8. The number of nitrogens with one attached hydrogen (secondary N) is 1. The van der Waals surface area contributed by atoms with Crippen molar-refractivity contribution in [2.45, 2.75) is 32.7 Å². The first-order valence-corrected chi connectivity index (χ1v) is 7.96. The summed E-state index contributed by atoms with van der Waals surface area (Å²) in [5.74, 6) is 0.666. The molecule has 0 spiro atoms. The van der Waals surface area contributed by atoms with E-state index in [0.717, 1.165) is 11.3 Å². The lowest BCUT2D eigenvalue weighted by Gasteiger charge is -2.22. The van der Waals surface area contributed by atoms with Crippen LogP contribution in [0.15, 0.2) is 30.3 Å². The van der Waals surface area contributed by atoms with Crippen LogP contribution in [0, 0.1) is 19.8 Å². The van der Waals surface area contributed by atoms with Crippen molar-refractivity contribution in [1.82, 2.24) is 4.98 Å². The van der Waals surface area contributed by atoms with Crippen LogP contribution in [0.3, 0.4) is 0 Å². The number of anilines is 1. The second-order valence-electron chi connectivity index (χ2n) is 5.80. The molecule has 1 unspecified atom stereocenters. The number of pyridine rings is 1. The third-order valence-corrected chi connectivity index (χ3v) is 4.44. The summed E-state index contributed by atoms with van der Waals surface area (Å²) in [6.45, 7) is 4.11. The minimum Gasteiger partial charge on any atom is -0.375 e. The highest BCUT2D eigenvalue weighted by atomic mass is 35.5. The number of hydrogen-bond donors (Lipinski definition) is 1. The van der Waals surface area contributed by atoms with Crippen molar-refractivity contribution in [3.63, 3.8) is 0 Å². The van der Waals surface area contributed by atoms with Crippen LogP contribution < -0.4 is 5.32 Å². The van der Waals surface area contributed by atoms with Gasteiger partial charge >= 0.3 is 0 Å². The first kappa shape index (κ1) is 14.7. The van der Waals surface area contributed by atoms with E-state index in [1.54, 1.807) is 0 Å². The summed E-state index contributed by atoms with van der Waals surface area (Å²) in [5, 5.41) is 4.46. The molecule has 0 aliphatic heterocycles. The zero-order chi connectivity index (χ0) is 15.0. The molecule has 1 heterocycles. The summed E-state index contributed by atoms with van der Waals surface area (Å²) in [7, 11) is 0. The molecule has 1 aliphatic carbocycles. The smallest absolute Gasteiger partial charge is 0.154 e. The molecular weight excluding hydrogens is 303 g/mol. The van der Waals surface area contributed by atoms with Gasteiger partial charge in [-0.15, -0.1) is 0 Å². The Hall–Kier alpha value is -1.25. The molecule has 2 aromatic rings. The predicted octanol–water partition coefficient (Wildman–Crippen LogP) is 5.57. The number of nitrogens with zero attached hydrogens (tertiary/aromatic N) is 1. The van der Waals surface area contributed by atoms with E-state index < -0.39 is 0 Å². The van der Waals surface area contributed by atoms with E-state index in [1.165, 1.54) is 24.0 Å². The van der Waals surface area contributed by atoms with Crippen LogP contribution in [0.1, 0.15) is 35.6 Å². The van der Waals surface area contributed by atoms with Crippen molar-refractivity contribution in [3.05, 3.63) is 57.3 Å². The molecule has 0 bridgehead atoms. The molecule has 2 nitrogen and oxygen atoms in total.